The number of piperidine rings is 1. The predicted octanol–water partition coefficient (Wildman–Crippen LogP) is 0.757. The van der Waals surface area contributed by atoms with E-state index in [2.05, 4.69) is 15.0 Å². The number of methoxy groups -OCH3 is 1. The molecular formula is C13H21N3O3S. The summed E-state index contributed by atoms with van der Waals surface area (Å²) in [5, 5.41) is 3.29. The minimum Gasteiger partial charge on any atom is -0.481 e. The molecule has 2 atom stereocenters. The summed E-state index contributed by atoms with van der Waals surface area (Å²) in [7, 11) is -2.04. The molecule has 1 aliphatic rings. The average molecular weight is 299 g/mol. The topological polar surface area (TPSA) is 80.3 Å². The Morgan fingerprint density at radius 2 is 2.30 bits per heavy atom. The second kappa shape index (κ2) is 6.51. The normalized spacial score (nSPS) is 21.4. The SMILES string of the molecule is COc1ccc(S(=O)(=O)NC(C)C2CCCNC2)cn1. The lowest BCUT2D eigenvalue weighted by atomic mass is 9.94. The molecule has 1 aromatic rings. The van der Waals surface area contributed by atoms with Crippen molar-refractivity contribution >= 4 is 10.0 Å². The molecule has 20 heavy (non-hydrogen) atoms. The maximum absolute atomic E-state index is 12.3. The first-order valence-electron chi connectivity index (χ1n) is 6.76. The van der Waals surface area contributed by atoms with E-state index < -0.39 is 10.0 Å². The lowest BCUT2D eigenvalue weighted by Gasteiger charge is -2.28. The van der Waals surface area contributed by atoms with Gasteiger partial charge in [0.1, 0.15) is 4.90 Å². The van der Waals surface area contributed by atoms with Gasteiger partial charge < -0.3 is 10.1 Å². The standard InChI is InChI=1S/C13H21N3O3S/c1-10(11-4-3-7-14-8-11)16-20(17,18)12-5-6-13(19-2)15-9-12/h5-6,9-11,14,16H,3-4,7-8H2,1-2H3. The van der Waals surface area contributed by atoms with Gasteiger partial charge in [-0.15, -0.1) is 0 Å². The van der Waals surface area contributed by atoms with Crippen LogP contribution in [0.15, 0.2) is 23.2 Å². The summed E-state index contributed by atoms with van der Waals surface area (Å²) in [5.74, 6) is 0.721. The Balaban J connectivity index is 2.05. The number of sulfonamides is 1. The second-order valence-electron chi connectivity index (χ2n) is 5.05. The quantitative estimate of drug-likeness (QED) is 0.839. The number of hydrogen-bond donors (Lipinski definition) is 2. The van der Waals surface area contributed by atoms with Gasteiger partial charge >= 0.3 is 0 Å². The molecule has 2 rings (SSSR count). The Kier molecular flexibility index (Phi) is 4.95. The summed E-state index contributed by atoms with van der Waals surface area (Å²) in [5.41, 5.74) is 0. The first-order valence-corrected chi connectivity index (χ1v) is 8.24. The monoisotopic (exact) mass is 299 g/mol. The van der Waals surface area contributed by atoms with Crippen molar-refractivity contribution in [2.75, 3.05) is 20.2 Å². The summed E-state index contributed by atoms with van der Waals surface area (Å²) in [6, 6.07) is 2.94. The lowest BCUT2D eigenvalue weighted by Crippen LogP contribution is -2.44. The van der Waals surface area contributed by atoms with E-state index in [1.807, 2.05) is 6.92 Å². The van der Waals surface area contributed by atoms with Crippen LogP contribution in [0, 0.1) is 5.92 Å². The lowest BCUT2D eigenvalue weighted by molar-refractivity contribution is 0.320. The molecule has 1 aromatic heterocycles. The molecule has 1 saturated heterocycles. The molecule has 0 aromatic carbocycles. The van der Waals surface area contributed by atoms with Crippen molar-refractivity contribution in [2.24, 2.45) is 5.92 Å². The molecular weight excluding hydrogens is 278 g/mol. The van der Waals surface area contributed by atoms with Crippen LogP contribution in [-0.4, -0.2) is 39.6 Å². The first kappa shape index (κ1) is 15.2. The molecule has 0 saturated carbocycles. The van der Waals surface area contributed by atoms with E-state index in [0.717, 1.165) is 25.9 Å². The number of rotatable bonds is 5. The Labute approximate surface area is 120 Å². The highest BCUT2D eigenvalue weighted by Gasteiger charge is 2.25. The van der Waals surface area contributed by atoms with Crippen LogP contribution >= 0.6 is 0 Å². The summed E-state index contributed by atoms with van der Waals surface area (Å²) in [4.78, 5) is 4.09. The number of nitrogens with zero attached hydrogens (tertiary/aromatic N) is 1. The third-order valence-electron chi connectivity index (χ3n) is 3.61. The minimum atomic E-state index is -3.53. The molecule has 0 amide bonds. The van der Waals surface area contributed by atoms with Crippen molar-refractivity contribution in [1.29, 1.82) is 0 Å². The van der Waals surface area contributed by atoms with E-state index in [0.29, 0.717) is 11.8 Å². The number of hydrogen-bond acceptors (Lipinski definition) is 5. The van der Waals surface area contributed by atoms with E-state index in [1.54, 1.807) is 6.07 Å². The molecule has 1 fully saturated rings. The molecule has 2 heterocycles. The number of ether oxygens (including phenoxy) is 1. The van der Waals surface area contributed by atoms with E-state index in [1.165, 1.54) is 19.4 Å². The molecule has 0 bridgehead atoms. The van der Waals surface area contributed by atoms with Gasteiger partial charge in [-0.25, -0.2) is 18.1 Å². The van der Waals surface area contributed by atoms with Crippen LogP contribution in [0.3, 0.4) is 0 Å². The largest absolute Gasteiger partial charge is 0.481 e. The number of pyridine rings is 1. The van der Waals surface area contributed by atoms with Gasteiger partial charge in [0.2, 0.25) is 15.9 Å². The van der Waals surface area contributed by atoms with Crippen molar-refractivity contribution in [3.8, 4) is 5.88 Å². The van der Waals surface area contributed by atoms with Gasteiger partial charge in [-0.2, -0.15) is 0 Å². The van der Waals surface area contributed by atoms with E-state index in [9.17, 15) is 8.42 Å². The zero-order valence-corrected chi connectivity index (χ0v) is 12.6. The van der Waals surface area contributed by atoms with E-state index in [-0.39, 0.29) is 10.9 Å². The highest BCUT2D eigenvalue weighted by Crippen LogP contribution is 2.17. The summed E-state index contributed by atoms with van der Waals surface area (Å²) in [6.45, 7) is 3.77. The summed E-state index contributed by atoms with van der Waals surface area (Å²) < 4.78 is 32.2. The maximum Gasteiger partial charge on any atom is 0.242 e. The van der Waals surface area contributed by atoms with Crippen LogP contribution in [0.2, 0.25) is 0 Å². The van der Waals surface area contributed by atoms with Crippen molar-refractivity contribution in [1.82, 2.24) is 15.0 Å². The third-order valence-corrected chi connectivity index (χ3v) is 5.16. The highest BCUT2D eigenvalue weighted by atomic mass is 32.2. The van der Waals surface area contributed by atoms with Gasteiger partial charge in [0, 0.05) is 12.1 Å². The van der Waals surface area contributed by atoms with Crippen molar-refractivity contribution in [3.63, 3.8) is 0 Å². The van der Waals surface area contributed by atoms with Crippen LogP contribution in [0.5, 0.6) is 5.88 Å². The van der Waals surface area contributed by atoms with Crippen LogP contribution in [0.1, 0.15) is 19.8 Å². The van der Waals surface area contributed by atoms with Crippen molar-refractivity contribution in [3.05, 3.63) is 18.3 Å². The van der Waals surface area contributed by atoms with Crippen molar-refractivity contribution < 1.29 is 13.2 Å². The molecule has 6 nitrogen and oxygen atoms in total. The fourth-order valence-corrected chi connectivity index (χ4v) is 3.62. The average Bonchev–Trinajstić information content (AvgIpc) is 2.48. The molecule has 0 spiro atoms. The molecule has 0 radical (unpaired) electrons. The van der Waals surface area contributed by atoms with E-state index in [4.69, 9.17) is 4.74 Å². The number of aromatic nitrogens is 1. The molecule has 2 unspecified atom stereocenters. The zero-order chi connectivity index (χ0) is 14.6. The Bertz CT molecular complexity index is 524. The van der Waals surface area contributed by atoms with Crippen LogP contribution in [-0.2, 0) is 10.0 Å². The Hall–Kier alpha value is -1.18. The summed E-state index contributed by atoms with van der Waals surface area (Å²) >= 11 is 0. The smallest absolute Gasteiger partial charge is 0.242 e. The van der Waals surface area contributed by atoms with Gasteiger partial charge in [-0.3, -0.25) is 0 Å². The molecule has 2 N–H and O–H groups in total. The van der Waals surface area contributed by atoms with Gasteiger partial charge in [0.15, 0.2) is 0 Å². The molecule has 1 aliphatic heterocycles. The van der Waals surface area contributed by atoms with Gasteiger partial charge in [-0.05, 0) is 44.8 Å². The maximum atomic E-state index is 12.3. The minimum absolute atomic E-state index is 0.102. The van der Waals surface area contributed by atoms with E-state index >= 15 is 0 Å². The first-order chi connectivity index (χ1) is 9.53. The van der Waals surface area contributed by atoms with Crippen LogP contribution in [0.4, 0.5) is 0 Å². The van der Waals surface area contributed by atoms with Gasteiger partial charge in [0.05, 0.1) is 13.3 Å². The fourth-order valence-electron chi connectivity index (χ4n) is 2.36. The third kappa shape index (κ3) is 3.68. The van der Waals surface area contributed by atoms with Crippen LogP contribution in [0.25, 0.3) is 0 Å². The van der Waals surface area contributed by atoms with Crippen molar-refractivity contribution in [2.45, 2.75) is 30.7 Å². The van der Waals surface area contributed by atoms with Crippen LogP contribution < -0.4 is 14.8 Å². The zero-order valence-electron chi connectivity index (χ0n) is 11.8. The Morgan fingerprint density at radius 1 is 1.50 bits per heavy atom. The number of nitrogens with one attached hydrogen (secondary N) is 2. The molecule has 112 valence electrons. The highest BCUT2D eigenvalue weighted by molar-refractivity contribution is 7.89. The van der Waals surface area contributed by atoms with Gasteiger partial charge in [-0.1, -0.05) is 0 Å². The molecule has 0 aliphatic carbocycles. The summed E-state index contributed by atoms with van der Waals surface area (Å²) in [6.07, 6.45) is 3.44. The molecule has 7 heteroatoms. The van der Waals surface area contributed by atoms with Gasteiger partial charge in [0.25, 0.3) is 0 Å². The fraction of sp³-hybridized carbons (Fsp3) is 0.615. The second-order valence-corrected chi connectivity index (χ2v) is 6.77. The predicted molar refractivity (Wildman–Crippen MR) is 76.2 cm³/mol. The Morgan fingerprint density at radius 3 is 2.85 bits per heavy atom.